The molecule has 1 rings (SSSR count). The van der Waals surface area contributed by atoms with Crippen LogP contribution in [-0.4, -0.2) is 32.3 Å². The van der Waals surface area contributed by atoms with E-state index in [9.17, 15) is 4.79 Å². The number of carbonyl (C=O) groups is 1. The van der Waals surface area contributed by atoms with Gasteiger partial charge in [0.2, 0.25) is 0 Å². The van der Waals surface area contributed by atoms with Crippen LogP contribution in [0.4, 0.5) is 0 Å². The molecule has 4 heteroatoms. The molecule has 1 unspecified atom stereocenters. The summed E-state index contributed by atoms with van der Waals surface area (Å²) in [6, 6.07) is 0. The average Bonchev–Trinajstić information content (AvgIpc) is 2.47. The van der Waals surface area contributed by atoms with Crippen LogP contribution in [0.5, 0.6) is 0 Å². The van der Waals surface area contributed by atoms with Gasteiger partial charge in [0, 0.05) is 13.7 Å². The number of hydrogen-bond acceptors (Lipinski definition) is 4. The predicted molar refractivity (Wildman–Crippen MR) is 80.4 cm³/mol. The number of allylic oxidation sites excluding steroid dienone is 1. The summed E-state index contributed by atoms with van der Waals surface area (Å²) in [5, 5.41) is 3.16. The number of ether oxygens (including phenoxy) is 2. The lowest BCUT2D eigenvalue weighted by Crippen LogP contribution is -2.34. The van der Waals surface area contributed by atoms with E-state index in [0.717, 1.165) is 38.6 Å². The maximum Gasteiger partial charge on any atom is 0.311 e. The van der Waals surface area contributed by atoms with Gasteiger partial charge in [-0.3, -0.25) is 4.79 Å². The van der Waals surface area contributed by atoms with Crippen LogP contribution < -0.4 is 5.32 Å². The Morgan fingerprint density at radius 2 is 2.05 bits per heavy atom. The fourth-order valence-electron chi connectivity index (χ4n) is 2.59. The molecule has 1 atom stereocenters. The molecule has 0 aromatic carbocycles. The molecule has 1 N–H and O–H groups in total. The molecular formula is C16H29NO3. The first-order valence-electron chi connectivity index (χ1n) is 7.67. The summed E-state index contributed by atoms with van der Waals surface area (Å²) in [5.41, 5.74) is -0.278. The zero-order valence-corrected chi connectivity index (χ0v) is 13.1. The van der Waals surface area contributed by atoms with Crippen molar-refractivity contribution in [3.63, 3.8) is 0 Å². The van der Waals surface area contributed by atoms with Crippen LogP contribution in [0.2, 0.25) is 0 Å². The first-order chi connectivity index (χ1) is 9.62. The van der Waals surface area contributed by atoms with E-state index >= 15 is 0 Å². The van der Waals surface area contributed by atoms with E-state index in [4.69, 9.17) is 9.47 Å². The van der Waals surface area contributed by atoms with Gasteiger partial charge in [0.15, 0.2) is 0 Å². The number of rotatable bonds is 8. The zero-order valence-electron chi connectivity index (χ0n) is 13.1. The third-order valence-corrected chi connectivity index (χ3v) is 4.08. The van der Waals surface area contributed by atoms with Gasteiger partial charge in [-0.15, -0.1) is 0 Å². The molecular weight excluding hydrogens is 254 g/mol. The Labute approximate surface area is 122 Å². The molecule has 0 spiro atoms. The minimum absolute atomic E-state index is 0.0381. The monoisotopic (exact) mass is 283 g/mol. The molecule has 0 aliphatic heterocycles. The highest BCUT2D eigenvalue weighted by molar-refractivity contribution is 5.76. The van der Waals surface area contributed by atoms with Crippen LogP contribution >= 0.6 is 0 Å². The van der Waals surface area contributed by atoms with Gasteiger partial charge < -0.3 is 14.8 Å². The lowest BCUT2D eigenvalue weighted by atomic mass is 9.76. The van der Waals surface area contributed by atoms with E-state index < -0.39 is 0 Å². The molecule has 1 aliphatic carbocycles. The van der Waals surface area contributed by atoms with Gasteiger partial charge in [-0.2, -0.15) is 0 Å². The summed E-state index contributed by atoms with van der Waals surface area (Å²) in [7, 11) is 1.66. The number of methoxy groups -OCH3 is 1. The van der Waals surface area contributed by atoms with E-state index in [1.54, 1.807) is 7.11 Å². The smallest absolute Gasteiger partial charge is 0.311 e. The van der Waals surface area contributed by atoms with Crippen LogP contribution in [0.1, 0.15) is 52.4 Å². The normalized spacial score (nSPS) is 19.8. The minimum Gasteiger partial charge on any atom is -0.463 e. The molecule has 1 fully saturated rings. The van der Waals surface area contributed by atoms with Crippen LogP contribution in [-0.2, 0) is 14.3 Å². The molecule has 0 amide bonds. The molecule has 0 radical (unpaired) electrons. The van der Waals surface area contributed by atoms with E-state index in [0.29, 0.717) is 6.61 Å². The second-order valence-electron chi connectivity index (χ2n) is 5.82. The average molecular weight is 283 g/mol. The first kappa shape index (κ1) is 17.0. The van der Waals surface area contributed by atoms with Gasteiger partial charge in [0.25, 0.3) is 0 Å². The van der Waals surface area contributed by atoms with Gasteiger partial charge in [0.05, 0.1) is 11.5 Å². The Morgan fingerprint density at radius 1 is 1.35 bits per heavy atom. The zero-order chi connectivity index (χ0) is 14.8. The molecule has 0 aromatic rings. The van der Waals surface area contributed by atoms with Gasteiger partial charge >= 0.3 is 5.97 Å². The van der Waals surface area contributed by atoms with Crippen molar-refractivity contribution in [2.24, 2.45) is 5.41 Å². The summed E-state index contributed by atoms with van der Waals surface area (Å²) < 4.78 is 10.8. The molecule has 0 heterocycles. The lowest BCUT2D eigenvalue weighted by molar-refractivity contribution is -0.160. The van der Waals surface area contributed by atoms with E-state index in [2.05, 4.69) is 5.32 Å². The molecule has 20 heavy (non-hydrogen) atoms. The van der Waals surface area contributed by atoms with Crippen LogP contribution in [0.15, 0.2) is 12.3 Å². The largest absolute Gasteiger partial charge is 0.463 e. The van der Waals surface area contributed by atoms with Crippen molar-refractivity contribution in [3.8, 4) is 0 Å². The number of carbonyl (C=O) groups excluding carboxylic acids is 1. The van der Waals surface area contributed by atoms with Crippen molar-refractivity contribution < 1.29 is 14.3 Å². The number of esters is 1. The molecule has 0 saturated heterocycles. The quantitative estimate of drug-likeness (QED) is 0.549. The fourth-order valence-corrected chi connectivity index (χ4v) is 2.59. The second-order valence-corrected chi connectivity index (χ2v) is 5.82. The van der Waals surface area contributed by atoms with Crippen molar-refractivity contribution in [1.29, 1.82) is 0 Å². The maximum absolute atomic E-state index is 12.2. The van der Waals surface area contributed by atoms with Gasteiger partial charge in [-0.25, -0.2) is 0 Å². The highest BCUT2D eigenvalue weighted by Crippen LogP contribution is 2.36. The molecule has 1 saturated carbocycles. The maximum atomic E-state index is 12.2. The molecule has 116 valence electrons. The first-order valence-corrected chi connectivity index (χ1v) is 7.67. The molecule has 4 nitrogen and oxygen atoms in total. The van der Waals surface area contributed by atoms with Crippen LogP contribution in [0.3, 0.4) is 0 Å². The van der Waals surface area contributed by atoms with Crippen molar-refractivity contribution in [3.05, 3.63) is 12.3 Å². The Balaban J connectivity index is 2.29. The van der Waals surface area contributed by atoms with Gasteiger partial charge in [-0.05, 0) is 39.3 Å². The molecule has 0 bridgehead atoms. The number of nitrogens with one attached hydrogen (secondary N) is 1. The standard InChI is InChI=1S/C16H29NO3/c1-4-11-17-12-8-14(19-3)13-20-15(18)16(2)9-6-5-7-10-16/h4,11,14,17H,5-10,12-13H2,1-3H3/b11-4-. The Morgan fingerprint density at radius 3 is 2.65 bits per heavy atom. The SMILES string of the molecule is C/C=C\NCCC(COC(=O)C1(C)CCCCC1)OC. The summed E-state index contributed by atoms with van der Waals surface area (Å²) in [5.74, 6) is -0.0549. The third-order valence-electron chi connectivity index (χ3n) is 4.08. The highest BCUT2D eigenvalue weighted by atomic mass is 16.6. The summed E-state index contributed by atoms with van der Waals surface area (Å²) in [6.07, 6.45) is 10.0. The van der Waals surface area contributed by atoms with Crippen LogP contribution in [0.25, 0.3) is 0 Å². The van der Waals surface area contributed by atoms with Crippen molar-refractivity contribution >= 4 is 5.97 Å². The van der Waals surface area contributed by atoms with Gasteiger partial charge in [-0.1, -0.05) is 25.3 Å². The van der Waals surface area contributed by atoms with Crippen LogP contribution in [0, 0.1) is 5.41 Å². The second kappa shape index (κ2) is 9.01. The third kappa shape index (κ3) is 5.53. The summed E-state index contributed by atoms with van der Waals surface area (Å²) in [4.78, 5) is 12.2. The van der Waals surface area contributed by atoms with E-state index in [1.165, 1.54) is 6.42 Å². The van der Waals surface area contributed by atoms with Gasteiger partial charge in [0.1, 0.15) is 6.61 Å². The Bertz CT molecular complexity index is 309. The summed E-state index contributed by atoms with van der Waals surface area (Å²) in [6.45, 7) is 5.16. The van der Waals surface area contributed by atoms with Crippen molar-refractivity contribution in [2.75, 3.05) is 20.3 Å². The highest BCUT2D eigenvalue weighted by Gasteiger charge is 2.36. The number of hydrogen-bond donors (Lipinski definition) is 1. The van der Waals surface area contributed by atoms with E-state index in [1.807, 2.05) is 26.1 Å². The lowest BCUT2D eigenvalue weighted by Gasteiger charge is -2.31. The predicted octanol–water partition coefficient (Wildman–Crippen LogP) is 3.03. The topological polar surface area (TPSA) is 47.6 Å². The van der Waals surface area contributed by atoms with Crippen molar-refractivity contribution in [2.45, 2.75) is 58.5 Å². The Kier molecular flexibility index (Phi) is 7.67. The van der Waals surface area contributed by atoms with E-state index in [-0.39, 0.29) is 17.5 Å². The summed E-state index contributed by atoms with van der Waals surface area (Å²) >= 11 is 0. The minimum atomic E-state index is -0.278. The van der Waals surface area contributed by atoms with Crippen molar-refractivity contribution in [1.82, 2.24) is 5.32 Å². The fraction of sp³-hybridized carbons (Fsp3) is 0.812. The molecule has 1 aliphatic rings. The Hall–Kier alpha value is -1.03. The molecule has 0 aromatic heterocycles.